The summed E-state index contributed by atoms with van der Waals surface area (Å²) in [6, 6.07) is 4.31. The lowest BCUT2D eigenvalue weighted by atomic mass is 10.2. The average molecular weight is 248 g/mol. The van der Waals surface area contributed by atoms with Crippen molar-refractivity contribution in [1.82, 2.24) is 15.2 Å². The van der Waals surface area contributed by atoms with Crippen LogP contribution in [0.2, 0.25) is 0 Å². The molecular formula is C13H20N4O. The van der Waals surface area contributed by atoms with E-state index in [0.29, 0.717) is 19.1 Å². The SMILES string of the molecule is CCn1cccc(CNC(=NC)NC2CC2)c1=O. The van der Waals surface area contributed by atoms with E-state index in [9.17, 15) is 4.79 Å². The lowest BCUT2D eigenvalue weighted by Crippen LogP contribution is -2.39. The molecule has 18 heavy (non-hydrogen) atoms. The van der Waals surface area contributed by atoms with E-state index in [2.05, 4.69) is 15.6 Å². The number of nitrogens with one attached hydrogen (secondary N) is 2. The van der Waals surface area contributed by atoms with Gasteiger partial charge in [-0.05, 0) is 25.8 Å². The van der Waals surface area contributed by atoms with Gasteiger partial charge in [-0.2, -0.15) is 0 Å². The van der Waals surface area contributed by atoms with Crippen molar-refractivity contribution in [3.05, 3.63) is 34.2 Å². The van der Waals surface area contributed by atoms with Crippen molar-refractivity contribution in [2.75, 3.05) is 7.05 Å². The van der Waals surface area contributed by atoms with E-state index in [1.807, 2.05) is 25.3 Å². The third-order valence-corrected chi connectivity index (χ3v) is 3.03. The summed E-state index contributed by atoms with van der Waals surface area (Å²) in [5.74, 6) is 0.767. The summed E-state index contributed by atoms with van der Waals surface area (Å²) >= 11 is 0. The van der Waals surface area contributed by atoms with E-state index in [1.54, 1.807) is 11.6 Å². The molecule has 1 aliphatic carbocycles. The maximum Gasteiger partial charge on any atom is 0.255 e. The Balaban J connectivity index is 1.98. The van der Waals surface area contributed by atoms with Gasteiger partial charge >= 0.3 is 0 Å². The molecule has 98 valence electrons. The molecule has 1 aromatic heterocycles. The minimum atomic E-state index is 0.0642. The van der Waals surface area contributed by atoms with Gasteiger partial charge in [-0.25, -0.2) is 0 Å². The molecule has 1 saturated carbocycles. The highest BCUT2D eigenvalue weighted by Gasteiger charge is 2.22. The molecule has 0 aliphatic heterocycles. The molecule has 5 heteroatoms. The lowest BCUT2D eigenvalue weighted by molar-refractivity contribution is 0.705. The molecule has 2 N–H and O–H groups in total. The number of aromatic nitrogens is 1. The predicted octanol–water partition coefficient (Wildman–Crippen LogP) is 0.696. The van der Waals surface area contributed by atoms with Gasteiger partial charge in [-0.1, -0.05) is 6.07 Å². The molecule has 1 heterocycles. The Morgan fingerprint density at radius 1 is 1.56 bits per heavy atom. The zero-order chi connectivity index (χ0) is 13.0. The fourth-order valence-corrected chi connectivity index (χ4v) is 1.76. The van der Waals surface area contributed by atoms with Gasteiger partial charge in [0.1, 0.15) is 0 Å². The van der Waals surface area contributed by atoms with Crippen molar-refractivity contribution >= 4 is 5.96 Å². The van der Waals surface area contributed by atoms with Gasteiger partial charge in [0.05, 0.1) is 0 Å². The van der Waals surface area contributed by atoms with E-state index in [1.165, 1.54) is 12.8 Å². The molecule has 1 aliphatic rings. The largest absolute Gasteiger partial charge is 0.354 e. The van der Waals surface area contributed by atoms with Crippen molar-refractivity contribution in [2.45, 2.75) is 38.9 Å². The second-order valence-electron chi connectivity index (χ2n) is 4.47. The Bertz CT molecular complexity index is 488. The number of pyridine rings is 1. The van der Waals surface area contributed by atoms with Crippen LogP contribution in [0.25, 0.3) is 0 Å². The van der Waals surface area contributed by atoms with Crippen LogP contribution in [0, 0.1) is 0 Å². The highest BCUT2D eigenvalue weighted by molar-refractivity contribution is 5.80. The molecule has 1 aromatic rings. The van der Waals surface area contributed by atoms with E-state index in [-0.39, 0.29) is 5.56 Å². The number of aliphatic imine (C=N–C) groups is 1. The van der Waals surface area contributed by atoms with Crippen molar-refractivity contribution in [3.63, 3.8) is 0 Å². The van der Waals surface area contributed by atoms with E-state index in [0.717, 1.165) is 11.5 Å². The summed E-state index contributed by atoms with van der Waals surface area (Å²) < 4.78 is 1.70. The first kappa shape index (κ1) is 12.7. The molecular weight excluding hydrogens is 228 g/mol. The number of rotatable bonds is 4. The molecule has 0 spiro atoms. The normalized spacial score (nSPS) is 15.6. The van der Waals surface area contributed by atoms with Crippen LogP contribution in [0.5, 0.6) is 0 Å². The van der Waals surface area contributed by atoms with Crippen LogP contribution in [0.15, 0.2) is 28.1 Å². The monoisotopic (exact) mass is 248 g/mol. The fourth-order valence-electron chi connectivity index (χ4n) is 1.76. The maximum absolute atomic E-state index is 12.0. The number of guanidine groups is 1. The second kappa shape index (κ2) is 5.71. The van der Waals surface area contributed by atoms with Crippen LogP contribution in [0.3, 0.4) is 0 Å². The minimum Gasteiger partial charge on any atom is -0.354 e. The van der Waals surface area contributed by atoms with Crippen LogP contribution in [-0.4, -0.2) is 23.6 Å². The predicted molar refractivity (Wildman–Crippen MR) is 72.7 cm³/mol. The maximum atomic E-state index is 12.0. The topological polar surface area (TPSA) is 58.4 Å². The Morgan fingerprint density at radius 3 is 2.94 bits per heavy atom. The van der Waals surface area contributed by atoms with Gasteiger partial charge in [-0.3, -0.25) is 9.79 Å². The van der Waals surface area contributed by atoms with E-state index in [4.69, 9.17) is 0 Å². The molecule has 1 fully saturated rings. The Morgan fingerprint density at radius 2 is 2.33 bits per heavy atom. The first-order valence-electron chi connectivity index (χ1n) is 6.40. The van der Waals surface area contributed by atoms with Gasteiger partial charge in [0.2, 0.25) is 0 Å². The summed E-state index contributed by atoms with van der Waals surface area (Å²) in [7, 11) is 1.74. The summed E-state index contributed by atoms with van der Waals surface area (Å²) in [5.41, 5.74) is 0.826. The van der Waals surface area contributed by atoms with E-state index < -0.39 is 0 Å². The molecule has 0 unspecified atom stereocenters. The van der Waals surface area contributed by atoms with Crippen LogP contribution >= 0.6 is 0 Å². The van der Waals surface area contributed by atoms with Crippen molar-refractivity contribution in [1.29, 1.82) is 0 Å². The Kier molecular flexibility index (Phi) is 4.02. The summed E-state index contributed by atoms with van der Waals surface area (Å²) in [6.45, 7) is 3.17. The first-order valence-corrected chi connectivity index (χ1v) is 6.40. The molecule has 0 bridgehead atoms. The highest BCUT2D eigenvalue weighted by Crippen LogP contribution is 2.18. The number of nitrogens with zero attached hydrogens (tertiary/aromatic N) is 2. The van der Waals surface area contributed by atoms with Crippen LogP contribution in [0.4, 0.5) is 0 Å². The molecule has 2 rings (SSSR count). The number of hydrogen-bond donors (Lipinski definition) is 2. The molecule has 0 amide bonds. The van der Waals surface area contributed by atoms with Crippen molar-refractivity contribution in [3.8, 4) is 0 Å². The van der Waals surface area contributed by atoms with Gasteiger partial charge < -0.3 is 15.2 Å². The lowest BCUT2D eigenvalue weighted by Gasteiger charge is -2.11. The minimum absolute atomic E-state index is 0.0642. The van der Waals surface area contributed by atoms with Gasteiger partial charge in [0, 0.05) is 37.9 Å². The van der Waals surface area contributed by atoms with E-state index >= 15 is 0 Å². The fraction of sp³-hybridized carbons (Fsp3) is 0.538. The quantitative estimate of drug-likeness (QED) is 0.609. The molecule has 0 saturated heterocycles. The van der Waals surface area contributed by atoms with Gasteiger partial charge in [-0.15, -0.1) is 0 Å². The number of aryl methyl sites for hydroxylation is 1. The van der Waals surface area contributed by atoms with Gasteiger partial charge in [0.25, 0.3) is 5.56 Å². The first-order chi connectivity index (χ1) is 8.74. The average Bonchev–Trinajstić information content (AvgIpc) is 3.19. The Labute approximate surface area is 107 Å². The van der Waals surface area contributed by atoms with Crippen molar-refractivity contribution < 1.29 is 0 Å². The van der Waals surface area contributed by atoms with Crippen LogP contribution < -0.4 is 16.2 Å². The summed E-state index contributed by atoms with van der Waals surface area (Å²) in [4.78, 5) is 16.1. The zero-order valence-corrected chi connectivity index (χ0v) is 10.9. The standard InChI is InChI=1S/C13H20N4O/c1-3-17-8-4-5-10(12(17)18)9-15-13(14-2)16-11-6-7-11/h4-5,8,11H,3,6-7,9H2,1-2H3,(H2,14,15,16). The van der Waals surface area contributed by atoms with Crippen LogP contribution in [0.1, 0.15) is 25.3 Å². The summed E-state index contributed by atoms with van der Waals surface area (Å²) in [5, 5.41) is 6.46. The molecule has 0 atom stereocenters. The van der Waals surface area contributed by atoms with Crippen LogP contribution in [-0.2, 0) is 13.1 Å². The third-order valence-electron chi connectivity index (χ3n) is 3.03. The highest BCUT2D eigenvalue weighted by atomic mass is 16.1. The molecule has 0 aromatic carbocycles. The molecule has 0 radical (unpaired) electrons. The van der Waals surface area contributed by atoms with Crippen molar-refractivity contribution in [2.24, 2.45) is 4.99 Å². The Hall–Kier alpha value is -1.78. The van der Waals surface area contributed by atoms with Gasteiger partial charge in [0.15, 0.2) is 5.96 Å². The molecule has 5 nitrogen and oxygen atoms in total. The number of hydrogen-bond acceptors (Lipinski definition) is 2. The zero-order valence-electron chi connectivity index (χ0n) is 10.9. The second-order valence-corrected chi connectivity index (χ2v) is 4.47. The smallest absolute Gasteiger partial charge is 0.255 e. The summed E-state index contributed by atoms with van der Waals surface area (Å²) in [6.07, 6.45) is 4.21. The third kappa shape index (κ3) is 3.12.